The van der Waals surface area contributed by atoms with E-state index < -0.39 is 6.10 Å². The van der Waals surface area contributed by atoms with E-state index >= 15 is 0 Å². The van der Waals surface area contributed by atoms with E-state index in [0.717, 1.165) is 44.1 Å². The molecule has 4 nitrogen and oxygen atoms in total. The van der Waals surface area contributed by atoms with Crippen LogP contribution in [0.2, 0.25) is 0 Å². The molecular formula is C24H36O4. The summed E-state index contributed by atoms with van der Waals surface area (Å²) in [5, 5.41) is 0. The van der Waals surface area contributed by atoms with Gasteiger partial charge in [0.2, 0.25) is 0 Å². The highest BCUT2D eigenvalue weighted by atomic mass is 16.5. The predicted molar refractivity (Wildman–Crippen MR) is 114 cm³/mol. The fraction of sp³-hybridized carbons (Fsp3) is 0.583. The number of ether oxygens (including phenoxy) is 2. The van der Waals surface area contributed by atoms with Crippen molar-refractivity contribution in [3.05, 3.63) is 47.1 Å². The molecule has 0 radical (unpaired) electrons. The molecule has 0 unspecified atom stereocenters. The van der Waals surface area contributed by atoms with Crippen LogP contribution in [0.3, 0.4) is 0 Å². The zero-order valence-corrected chi connectivity index (χ0v) is 18.2. The molecule has 0 spiro atoms. The first-order valence-electron chi connectivity index (χ1n) is 10.2. The summed E-state index contributed by atoms with van der Waals surface area (Å²) < 4.78 is 10.8. The van der Waals surface area contributed by atoms with Crippen LogP contribution in [0.5, 0.6) is 0 Å². The minimum absolute atomic E-state index is 0.0956. The van der Waals surface area contributed by atoms with E-state index in [1.165, 1.54) is 30.6 Å². The highest BCUT2D eigenvalue weighted by molar-refractivity contribution is 5.66. The first-order valence-corrected chi connectivity index (χ1v) is 10.2. The second kappa shape index (κ2) is 12.4. The van der Waals surface area contributed by atoms with Crippen LogP contribution in [-0.2, 0) is 19.1 Å². The number of allylic oxidation sites excluding steroid dienone is 5. The summed E-state index contributed by atoms with van der Waals surface area (Å²) in [7, 11) is 0. The van der Waals surface area contributed by atoms with Gasteiger partial charge in [-0.15, -0.1) is 0 Å². The lowest BCUT2D eigenvalue weighted by Crippen LogP contribution is -2.28. The molecule has 1 aliphatic carbocycles. The topological polar surface area (TPSA) is 52.6 Å². The summed E-state index contributed by atoms with van der Waals surface area (Å²) in [6.07, 6.45) is 11.9. The summed E-state index contributed by atoms with van der Waals surface area (Å²) in [6.45, 7) is 13.5. The normalized spacial score (nSPS) is 27.7. The van der Waals surface area contributed by atoms with Gasteiger partial charge in [0, 0.05) is 19.8 Å². The zero-order chi connectivity index (χ0) is 21.1. The molecule has 156 valence electrons. The molecule has 2 atom stereocenters. The molecule has 0 N–H and O–H groups in total. The number of carbonyl (C=O) groups is 2. The Morgan fingerprint density at radius 1 is 0.964 bits per heavy atom. The van der Waals surface area contributed by atoms with Gasteiger partial charge in [-0.3, -0.25) is 9.59 Å². The van der Waals surface area contributed by atoms with Gasteiger partial charge in [-0.1, -0.05) is 35.5 Å². The zero-order valence-electron chi connectivity index (χ0n) is 18.2. The molecule has 0 aromatic carbocycles. The van der Waals surface area contributed by atoms with Crippen molar-refractivity contribution in [2.75, 3.05) is 6.61 Å². The molecule has 0 aliphatic heterocycles. The minimum Gasteiger partial charge on any atom is -0.461 e. The van der Waals surface area contributed by atoms with Gasteiger partial charge in [0.25, 0.3) is 0 Å². The number of esters is 2. The highest BCUT2D eigenvalue weighted by Crippen LogP contribution is 2.28. The van der Waals surface area contributed by atoms with Crippen molar-refractivity contribution < 1.29 is 19.1 Å². The first-order chi connectivity index (χ1) is 13.2. The van der Waals surface area contributed by atoms with Crippen LogP contribution >= 0.6 is 0 Å². The Labute approximate surface area is 170 Å². The standard InChI is InChI=1S/C24H36O4/c1-17-9-7-11-18(2)13-14-23(20(4)16-27-21(5)25)24(28-22(6)26)15-19(3)12-8-10-17/h10-11,15,23-24H,4,7-9,12-14,16H2,1-3,5-6H3/b17-10+,18-11+,19-15+/t23-,24+/m0/s1. The maximum Gasteiger partial charge on any atom is 0.303 e. The van der Waals surface area contributed by atoms with Crippen LogP contribution in [0.4, 0.5) is 0 Å². The molecule has 0 saturated heterocycles. The van der Waals surface area contributed by atoms with Crippen molar-refractivity contribution in [1.29, 1.82) is 0 Å². The van der Waals surface area contributed by atoms with Crippen LogP contribution in [-0.4, -0.2) is 24.6 Å². The fourth-order valence-electron chi connectivity index (χ4n) is 3.37. The van der Waals surface area contributed by atoms with Gasteiger partial charge in [-0.2, -0.15) is 0 Å². The van der Waals surface area contributed by atoms with Gasteiger partial charge in [0.1, 0.15) is 12.7 Å². The second-order valence-electron chi connectivity index (χ2n) is 7.85. The number of carbonyl (C=O) groups excluding carboxylic acids is 2. The van der Waals surface area contributed by atoms with E-state index in [9.17, 15) is 9.59 Å². The van der Waals surface area contributed by atoms with Crippen molar-refractivity contribution in [3.8, 4) is 0 Å². The second-order valence-corrected chi connectivity index (χ2v) is 7.85. The third-order valence-corrected chi connectivity index (χ3v) is 5.05. The first kappa shape index (κ1) is 23.9. The van der Waals surface area contributed by atoms with Crippen molar-refractivity contribution in [2.24, 2.45) is 5.92 Å². The summed E-state index contributed by atoms with van der Waals surface area (Å²) in [5.41, 5.74) is 4.70. The third-order valence-electron chi connectivity index (χ3n) is 5.05. The van der Waals surface area contributed by atoms with E-state index in [-0.39, 0.29) is 24.5 Å². The number of rotatable bonds is 4. The minimum atomic E-state index is -0.402. The van der Waals surface area contributed by atoms with Crippen molar-refractivity contribution in [2.45, 2.75) is 79.2 Å². The fourth-order valence-corrected chi connectivity index (χ4v) is 3.37. The molecule has 0 aromatic heterocycles. The van der Waals surface area contributed by atoms with E-state index in [0.29, 0.717) is 0 Å². The lowest BCUT2D eigenvalue weighted by molar-refractivity contribution is -0.147. The number of hydrogen-bond acceptors (Lipinski definition) is 4. The average molecular weight is 389 g/mol. The maximum absolute atomic E-state index is 11.7. The average Bonchev–Trinajstić information content (AvgIpc) is 2.58. The molecule has 0 saturated carbocycles. The van der Waals surface area contributed by atoms with Crippen LogP contribution in [0.1, 0.15) is 73.1 Å². The Hall–Kier alpha value is -2.10. The van der Waals surface area contributed by atoms with Gasteiger partial charge >= 0.3 is 11.9 Å². The Morgan fingerprint density at radius 2 is 1.54 bits per heavy atom. The van der Waals surface area contributed by atoms with Crippen molar-refractivity contribution in [1.82, 2.24) is 0 Å². The highest BCUT2D eigenvalue weighted by Gasteiger charge is 2.26. The summed E-state index contributed by atoms with van der Waals surface area (Å²) in [4.78, 5) is 23.0. The Bertz CT molecular complexity index is 652. The summed E-state index contributed by atoms with van der Waals surface area (Å²) in [5.74, 6) is -0.749. The van der Waals surface area contributed by atoms with Gasteiger partial charge in [-0.25, -0.2) is 0 Å². The Kier molecular flexibility index (Phi) is 10.6. The van der Waals surface area contributed by atoms with Crippen LogP contribution in [0.15, 0.2) is 47.1 Å². The van der Waals surface area contributed by atoms with E-state index in [4.69, 9.17) is 9.47 Å². The smallest absolute Gasteiger partial charge is 0.303 e. The molecule has 0 heterocycles. The van der Waals surface area contributed by atoms with Gasteiger partial charge < -0.3 is 9.47 Å². The molecule has 0 bridgehead atoms. The maximum atomic E-state index is 11.7. The van der Waals surface area contributed by atoms with Crippen molar-refractivity contribution >= 4 is 11.9 Å². The predicted octanol–water partition coefficient (Wildman–Crippen LogP) is 5.85. The van der Waals surface area contributed by atoms with Gasteiger partial charge in [0.05, 0.1) is 0 Å². The van der Waals surface area contributed by atoms with Crippen LogP contribution in [0.25, 0.3) is 0 Å². The quantitative estimate of drug-likeness (QED) is 0.448. The van der Waals surface area contributed by atoms with E-state index in [2.05, 4.69) is 39.5 Å². The van der Waals surface area contributed by atoms with Crippen molar-refractivity contribution in [3.63, 3.8) is 0 Å². The molecular weight excluding hydrogens is 352 g/mol. The van der Waals surface area contributed by atoms with Gasteiger partial charge in [-0.05, 0) is 70.9 Å². The largest absolute Gasteiger partial charge is 0.461 e. The SMILES string of the molecule is C=C(COC(C)=O)[C@@H]1CC/C(C)=C/CC/C(C)=C/CC/C(C)=C/[C@H]1OC(C)=O. The van der Waals surface area contributed by atoms with Crippen LogP contribution in [0, 0.1) is 5.92 Å². The summed E-state index contributed by atoms with van der Waals surface area (Å²) in [6, 6.07) is 0. The third kappa shape index (κ3) is 9.72. The Morgan fingerprint density at radius 3 is 2.11 bits per heavy atom. The molecule has 4 heteroatoms. The molecule has 28 heavy (non-hydrogen) atoms. The number of hydrogen-bond donors (Lipinski definition) is 0. The molecule has 0 fully saturated rings. The van der Waals surface area contributed by atoms with Crippen LogP contribution < -0.4 is 0 Å². The molecule has 1 aliphatic rings. The molecule has 0 amide bonds. The lowest BCUT2D eigenvalue weighted by Gasteiger charge is -2.27. The van der Waals surface area contributed by atoms with E-state index in [1.807, 2.05) is 6.08 Å². The lowest BCUT2D eigenvalue weighted by atomic mass is 9.86. The molecule has 1 rings (SSSR count). The molecule has 0 aromatic rings. The van der Waals surface area contributed by atoms with Gasteiger partial charge in [0.15, 0.2) is 0 Å². The Balaban J connectivity index is 3.16. The summed E-state index contributed by atoms with van der Waals surface area (Å²) >= 11 is 0. The van der Waals surface area contributed by atoms with E-state index in [1.54, 1.807) is 0 Å². The monoisotopic (exact) mass is 388 g/mol.